The third kappa shape index (κ3) is 3.49. The lowest BCUT2D eigenvalue weighted by atomic mass is 9.83. The van der Waals surface area contributed by atoms with Crippen molar-refractivity contribution in [2.24, 2.45) is 5.73 Å². The van der Waals surface area contributed by atoms with Crippen LogP contribution in [0.4, 0.5) is 5.69 Å². The van der Waals surface area contributed by atoms with E-state index in [1.165, 1.54) is 24.8 Å². The zero-order chi connectivity index (χ0) is 13.7. The molecule has 0 saturated heterocycles. The van der Waals surface area contributed by atoms with E-state index in [4.69, 9.17) is 5.73 Å². The standard InChI is InChI=1S/C16H24N2O/c1-13-8-7-9-14(12-13)18-16(15(17)19)10-5-3-2-4-6-11-16/h7-9,12,18H,2-6,10-11H2,1H3,(H2,17,19). The van der Waals surface area contributed by atoms with E-state index in [2.05, 4.69) is 24.4 Å². The van der Waals surface area contributed by atoms with Crippen molar-refractivity contribution in [1.29, 1.82) is 0 Å². The van der Waals surface area contributed by atoms with Crippen LogP contribution < -0.4 is 11.1 Å². The molecule has 0 atom stereocenters. The van der Waals surface area contributed by atoms with Crippen LogP contribution in [0.1, 0.15) is 50.5 Å². The third-order valence-corrected chi connectivity index (χ3v) is 4.08. The Morgan fingerprint density at radius 2 is 1.79 bits per heavy atom. The van der Waals surface area contributed by atoms with Gasteiger partial charge in [0.25, 0.3) is 0 Å². The normalized spacial score (nSPS) is 19.2. The molecule has 0 heterocycles. The summed E-state index contributed by atoms with van der Waals surface area (Å²) in [6.45, 7) is 2.06. The maximum Gasteiger partial charge on any atom is 0.243 e. The first kappa shape index (κ1) is 13.9. The van der Waals surface area contributed by atoms with Crippen LogP contribution in [0.15, 0.2) is 24.3 Å². The fourth-order valence-corrected chi connectivity index (χ4v) is 2.94. The number of amides is 1. The van der Waals surface area contributed by atoms with Gasteiger partial charge in [-0.15, -0.1) is 0 Å². The Morgan fingerprint density at radius 1 is 1.16 bits per heavy atom. The molecule has 3 heteroatoms. The van der Waals surface area contributed by atoms with Crippen LogP contribution in [-0.4, -0.2) is 11.4 Å². The van der Waals surface area contributed by atoms with Gasteiger partial charge in [-0.2, -0.15) is 0 Å². The number of primary amides is 1. The summed E-state index contributed by atoms with van der Waals surface area (Å²) in [4.78, 5) is 12.0. The number of carbonyl (C=O) groups excluding carboxylic acids is 1. The minimum absolute atomic E-state index is 0.212. The van der Waals surface area contributed by atoms with Crippen LogP contribution in [0, 0.1) is 6.92 Å². The van der Waals surface area contributed by atoms with Crippen molar-refractivity contribution in [1.82, 2.24) is 0 Å². The summed E-state index contributed by atoms with van der Waals surface area (Å²) in [5.41, 5.74) is 7.34. The fraction of sp³-hybridized carbons (Fsp3) is 0.562. The number of carbonyl (C=O) groups is 1. The molecule has 1 aliphatic carbocycles. The average molecular weight is 260 g/mol. The van der Waals surface area contributed by atoms with Gasteiger partial charge in [-0.1, -0.05) is 44.2 Å². The molecule has 1 aliphatic rings. The molecule has 0 aromatic heterocycles. The minimum atomic E-state index is -0.561. The number of hydrogen-bond acceptors (Lipinski definition) is 2. The predicted molar refractivity (Wildman–Crippen MR) is 79.0 cm³/mol. The van der Waals surface area contributed by atoms with Crippen molar-refractivity contribution in [3.63, 3.8) is 0 Å². The SMILES string of the molecule is Cc1cccc(NC2(C(N)=O)CCCCCCC2)c1. The van der Waals surface area contributed by atoms with Gasteiger partial charge in [0, 0.05) is 5.69 Å². The Morgan fingerprint density at radius 3 is 2.37 bits per heavy atom. The number of benzene rings is 1. The number of hydrogen-bond donors (Lipinski definition) is 2. The van der Waals surface area contributed by atoms with Crippen LogP contribution in [0.3, 0.4) is 0 Å². The third-order valence-electron chi connectivity index (χ3n) is 4.08. The molecule has 1 amide bonds. The molecule has 0 radical (unpaired) electrons. The highest BCUT2D eigenvalue weighted by Crippen LogP contribution is 2.30. The molecule has 0 spiro atoms. The zero-order valence-corrected chi connectivity index (χ0v) is 11.7. The number of rotatable bonds is 3. The molecule has 3 nitrogen and oxygen atoms in total. The Labute approximate surface area is 115 Å². The lowest BCUT2D eigenvalue weighted by molar-refractivity contribution is -0.123. The van der Waals surface area contributed by atoms with Crippen molar-refractivity contribution in [2.75, 3.05) is 5.32 Å². The molecule has 3 N–H and O–H groups in total. The number of nitrogens with one attached hydrogen (secondary N) is 1. The first-order valence-corrected chi connectivity index (χ1v) is 7.27. The van der Waals surface area contributed by atoms with E-state index in [1.807, 2.05) is 12.1 Å². The molecule has 1 aromatic rings. The smallest absolute Gasteiger partial charge is 0.243 e. The molecule has 0 aliphatic heterocycles. The van der Waals surface area contributed by atoms with Gasteiger partial charge < -0.3 is 11.1 Å². The van der Waals surface area contributed by atoms with Crippen molar-refractivity contribution >= 4 is 11.6 Å². The Bertz CT molecular complexity index is 434. The Balaban J connectivity index is 2.20. The second-order valence-electron chi connectivity index (χ2n) is 5.71. The van der Waals surface area contributed by atoms with Gasteiger partial charge in [-0.25, -0.2) is 0 Å². The van der Waals surface area contributed by atoms with E-state index >= 15 is 0 Å². The number of nitrogens with two attached hydrogens (primary N) is 1. The van der Waals surface area contributed by atoms with E-state index in [-0.39, 0.29) is 5.91 Å². The van der Waals surface area contributed by atoms with E-state index in [1.54, 1.807) is 0 Å². The molecule has 1 aromatic carbocycles. The maximum atomic E-state index is 12.0. The van der Waals surface area contributed by atoms with Gasteiger partial charge in [0.15, 0.2) is 0 Å². The first-order chi connectivity index (χ1) is 9.12. The molecular weight excluding hydrogens is 236 g/mol. The van der Waals surface area contributed by atoms with Crippen LogP contribution in [-0.2, 0) is 4.79 Å². The van der Waals surface area contributed by atoms with Gasteiger partial charge in [0.05, 0.1) is 0 Å². The minimum Gasteiger partial charge on any atom is -0.371 e. The summed E-state index contributed by atoms with van der Waals surface area (Å²) in [5.74, 6) is -0.212. The topological polar surface area (TPSA) is 55.1 Å². The summed E-state index contributed by atoms with van der Waals surface area (Å²) in [6, 6.07) is 8.15. The second kappa shape index (κ2) is 6.09. The number of anilines is 1. The van der Waals surface area contributed by atoms with Crippen LogP contribution in [0.5, 0.6) is 0 Å². The highest BCUT2D eigenvalue weighted by molar-refractivity contribution is 5.88. The Hall–Kier alpha value is -1.51. The summed E-state index contributed by atoms with van der Waals surface area (Å²) in [7, 11) is 0. The van der Waals surface area contributed by atoms with Crippen molar-refractivity contribution < 1.29 is 4.79 Å². The molecule has 1 saturated carbocycles. The summed E-state index contributed by atoms with van der Waals surface area (Å²) in [6.07, 6.45) is 7.50. The molecular formula is C16H24N2O. The molecule has 2 rings (SSSR count). The van der Waals surface area contributed by atoms with Crippen molar-refractivity contribution in [3.05, 3.63) is 29.8 Å². The monoisotopic (exact) mass is 260 g/mol. The fourth-order valence-electron chi connectivity index (χ4n) is 2.94. The van der Waals surface area contributed by atoms with E-state index in [9.17, 15) is 4.79 Å². The van der Waals surface area contributed by atoms with Crippen LogP contribution >= 0.6 is 0 Å². The van der Waals surface area contributed by atoms with Gasteiger partial charge in [-0.3, -0.25) is 4.79 Å². The highest BCUT2D eigenvalue weighted by atomic mass is 16.1. The molecule has 0 bridgehead atoms. The van der Waals surface area contributed by atoms with Crippen LogP contribution in [0.25, 0.3) is 0 Å². The van der Waals surface area contributed by atoms with Crippen molar-refractivity contribution in [3.8, 4) is 0 Å². The van der Waals surface area contributed by atoms with Gasteiger partial charge >= 0.3 is 0 Å². The van der Waals surface area contributed by atoms with Gasteiger partial charge in [-0.05, 0) is 37.5 Å². The van der Waals surface area contributed by atoms with E-state index in [0.29, 0.717) is 0 Å². The predicted octanol–water partition coefficient (Wildman–Crippen LogP) is 3.38. The Kier molecular flexibility index (Phi) is 4.46. The second-order valence-corrected chi connectivity index (χ2v) is 5.71. The molecule has 0 unspecified atom stereocenters. The first-order valence-electron chi connectivity index (χ1n) is 7.27. The highest BCUT2D eigenvalue weighted by Gasteiger charge is 2.36. The number of aryl methyl sites for hydroxylation is 1. The molecule has 104 valence electrons. The summed E-state index contributed by atoms with van der Waals surface area (Å²) >= 11 is 0. The lowest BCUT2D eigenvalue weighted by Crippen LogP contribution is -2.50. The van der Waals surface area contributed by atoms with Crippen molar-refractivity contribution in [2.45, 2.75) is 57.4 Å². The van der Waals surface area contributed by atoms with Crippen LogP contribution in [0.2, 0.25) is 0 Å². The van der Waals surface area contributed by atoms with E-state index < -0.39 is 5.54 Å². The van der Waals surface area contributed by atoms with Gasteiger partial charge in [0.1, 0.15) is 5.54 Å². The summed E-state index contributed by atoms with van der Waals surface area (Å²) < 4.78 is 0. The maximum absolute atomic E-state index is 12.0. The quantitative estimate of drug-likeness (QED) is 0.875. The zero-order valence-electron chi connectivity index (χ0n) is 11.7. The molecule has 1 fully saturated rings. The average Bonchev–Trinajstić information content (AvgIpc) is 2.32. The largest absolute Gasteiger partial charge is 0.371 e. The van der Waals surface area contributed by atoms with E-state index in [0.717, 1.165) is 31.4 Å². The van der Waals surface area contributed by atoms with Gasteiger partial charge in [0.2, 0.25) is 5.91 Å². The lowest BCUT2D eigenvalue weighted by Gasteiger charge is -2.34. The summed E-state index contributed by atoms with van der Waals surface area (Å²) in [5, 5.41) is 3.43. The molecule has 19 heavy (non-hydrogen) atoms.